The zero-order valence-electron chi connectivity index (χ0n) is 20.6. The predicted molar refractivity (Wildman–Crippen MR) is 150 cm³/mol. The maximum atomic E-state index is 12.5. The van der Waals surface area contributed by atoms with Gasteiger partial charge in [0.2, 0.25) is 0 Å². The van der Waals surface area contributed by atoms with Gasteiger partial charge in [-0.25, -0.2) is 14.6 Å². The van der Waals surface area contributed by atoms with Gasteiger partial charge in [-0.2, -0.15) is 0 Å². The van der Waals surface area contributed by atoms with Gasteiger partial charge in [0.15, 0.2) is 5.69 Å². The Bertz CT molecular complexity index is 1220. The number of hydrogen-bond acceptors (Lipinski definition) is 7. The minimum Gasteiger partial charge on any atom is -0.462 e. The Balaban J connectivity index is 1.78. The molecule has 37 heavy (non-hydrogen) atoms. The molecule has 0 aliphatic heterocycles. The van der Waals surface area contributed by atoms with E-state index >= 15 is 0 Å². The van der Waals surface area contributed by atoms with Gasteiger partial charge in [0.25, 0.3) is 0 Å². The molecular formula is C30H27NO4S2. The number of thioether (sulfide) groups is 1. The van der Waals surface area contributed by atoms with Crippen LogP contribution in [0, 0.1) is 0 Å². The van der Waals surface area contributed by atoms with E-state index in [2.05, 4.69) is 41.4 Å². The van der Waals surface area contributed by atoms with Crippen molar-refractivity contribution in [2.45, 2.75) is 18.6 Å². The summed E-state index contributed by atoms with van der Waals surface area (Å²) in [5.74, 6) is -1.22. The molecule has 0 atom stereocenters. The van der Waals surface area contributed by atoms with Crippen LogP contribution in [0.25, 0.3) is 6.08 Å². The quantitative estimate of drug-likeness (QED) is 0.160. The Kier molecular flexibility index (Phi) is 8.93. The highest BCUT2D eigenvalue weighted by Crippen LogP contribution is 2.49. The summed E-state index contributed by atoms with van der Waals surface area (Å²) in [5.41, 5.74) is 3.36. The zero-order valence-corrected chi connectivity index (χ0v) is 22.3. The normalized spacial score (nSPS) is 11.4. The molecule has 0 saturated carbocycles. The molecule has 5 nitrogen and oxygen atoms in total. The van der Waals surface area contributed by atoms with Gasteiger partial charge in [-0.05, 0) is 42.0 Å². The standard InChI is InChI=1S/C30H27NO4S2/c1-3-34-28(32)26-27(29(33)35-4-2)37-25(31-26)20-21-36-30(22-14-8-5-9-15-22,23-16-10-6-11-17-23)24-18-12-7-13-19-24/h5-21H,3-4H2,1-2H3/b21-20-. The topological polar surface area (TPSA) is 65.5 Å². The Hall–Kier alpha value is -3.68. The summed E-state index contributed by atoms with van der Waals surface area (Å²) >= 11 is 2.74. The molecule has 0 aliphatic rings. The van der Waals surface area contributed by atoms with Crippen LogP contribution in [0.5, 0.6) is 0 Å². The van der Waals surface area contributed by atoms with Crippen molar-refractivity contribution >= 4 is 41.1 Å². The Morgan fingerprint density at radius 1 is 0.784 bits per heavy atom. The molecule has 1 heterocycles. The smallest absolute Gasteiger partial charge is 0.358 e. The van der Waals surface area contributed by atoms with Crippen LogP contribution in [0.3, 0.4) is 0 Å². The van der Waals surface area contributed by atoms with Crippen molar-refractivity contribution in [2.24, 2.45) is 0 Å². The number of hydrogen-bond donors (Lipinski definition) is 0. The SMILES string of the molecule is CCOC(=O)c1nc(/C=C\SC(c2ccccc2)(c2ccccc2)c2ccccc2)sc1C(=O)OCC. The molecule has 0 aliphatic carbocycles. The van der Waals surface area contributed by atoms with E-state index in [4.69, 9.17) is 9.47 Å². The molecule has 0 N–H and O–H groups in total. The van der Waals surface area contributed by atoms with E-state index in [0.29, 0.717) is 5.01 Å². The van der Waals surface area contributed by atoms with E-state index in [9.17, 15) is 9.59 Å². The first-order valence-corrected chi connectivity index (χ1v) is 13.7. The van der Waals surface area contributed by atoms with Crippen LogP contribution in [0.15, 0.2) is 96.4 Å². The molecular weight excluding hydrogens is 502 g/mol. The first-order chi connectivity index (χ1) is 18.1. The van der Waals surface area contributed by atoms with Crippen LogP contribution in [0.4, 0.5) is 0 Å². The second kappa shape index (κ2) is 12.5. The largest absolute Gasteiger partial charge is 0.462 e. The lowest BCUT2D eigenvalue weighted by molar-refractivity contribution is 0.0479. The summed E-state index contributed by atoms with van der Waals surface area (Å²) in [5, 5.41) is 2.48. The number of ether oxygens (including phenoxy) is 2. The second-order valence-corrected chi connectivity index (χ2v) is 10.0. The lowest BCUT2D eigenvalue weighted by Gasteiger charge is -2.34. The second-order valence-electron chi connectivity index (χ2n) is 7.87. The summed E-state index contributed by atoms with van der Waals surface area (Å²) in [6, 6.07) is 31.0. The number of aromatic nitrogens is 1. The summed E-state index contributed by atoms with van der Waals surface area (Å²) < 4.78 is 9.71. The molecule has 4 aromatic rings. The van der Waals surface area contributed by atoms with Gasteiger partial charge in [-0.1, -0.05) is 91.0 Å². The van der Waals surface area contributed by atoms with Crippen molar-refractivity contribution in [3.8, 4) is 0 Å². The number of esters is 2. The summed E-state index contributed by atoms with van der Waals surface area (Å²) in [7, 11) is 0. The maximum absolute atomic E-state index is 12.5. The van der Waals surface area contributed by atoms with Gasteiger partial charge in [-0.15, -0.1) is 23.1 Å². The molecule has 3 aromatic carbocycles. The lowest BCUT2D eigenvalue weighted by Crippen LogP contribution is -2.24. The van der Waals surface area contributed by atoms with E-state index in [-0.39, 0.29) is 23.8 Å². The highest BCUT2D eigenvalue weighted by Gasteiger charge is 2.36. The molecule has 0 radical (unpaired) electrons. The van der Waals surface area contributed by atoms with E-state index in [0.717, 1.165) is 28.0 Å². The van der Waals surface area contributed by atoms with Gasteiger partial charge >= 0.3 is 11.9 Å². The van der Waals surface area contributed by atoms with Crippen molar-refractivity contribution in [1.29, 1.82) is 0 Å². The third-order valence-electron chi connectivity index (χ3n) is 5.57. The molecule has 7 heteroatoms. The van der Waals surface area contributed by atoms with Crippen LogP contribution in [-0.2, 0) is 14.2 Å². The molecule has 0 amide bonds. The van der Waals surface area contributed by atoms with E-state index < -0.39 is 16.7 Å². The van der Waals surface area contributed by atoms with E-state index in [1.165, 1.54) is 0 Å². The fourth-order valence-electron chi connectivity index (χ4n) is 4.00. The van der Waals surface area contributed by atoms with Gasteiger partial charge in [0.05, 0.1) is 18.0 Å². The molecule has 1 aromatic heterocycles. The van der Waals surface area contributed by atoms with Crippen LogP contribution in [0.2, 0.25) is 0 Å². The monoisotopic (exact) mass is 529 g/mol. The molecule has 0 fully saturated rings. The van der Waals surface area contributed by atoms with Gasteiger partial charge in [0, 0.05) is 0 Å². The number of carbonyl (C=O) groups is 2. The fraction of sp³-hybridized carbons (Fsp3) is 0.167. The van der Waals surface area contributed by atoms with Crippen LogP contribution in [0.1, 0.15) is 55.7 Å². The molecule has 0 bridgehead atoms. The molecule has 0 saturated heterocycles. The molecule has 0 unspecified atom stereocenters. The Labute approximate surface area is 225 Å². The van der Waals surface area contributed by atoms with Crippen molar-refractivity contribution in [2.75, 3.05) is 13.2 Å². The first-order valence-electron chi connectivity index (χ1n) is 12.0. The summed E-state index contributed by atoms with van der Waals surface area (Å²) in [6.07, 6.45) is 1.82. The average molecular weight is 530 g/mol. The highest BCUT2D eigenvalue weighted by molar-refractivity contribution is 8.03. The third-order valence-corrected chi connectivity index (χ3v) is 7.90. The minimum absolute atomic E-state index is 0.0182. The van der Waals surface area contributed by atoms with Gasteiger partial charge < -0.3 is 9.47 Å². The van der Waals surface area contributed by atoms with Crippen molar-refractivity contribution in [3.63, 3.8) is 0 Å². The number of carbonyl (C=O) groups excluding carboxylic acids is 2. The Morgan fingerprint density at radius 2 is 1.24 bits per heavy atom. The third kappa shape index (κ3) is 5.84. The van der Waals surface area contributed by atoms with Crippen LogP contribution < -0.4 is 0 Å². The van der Waals surface area contributed by atoms with Crippen molar-refractivity contribution in [3.05, 3.63) is 129 Å². The minimum atomic E-state index is -0.638. The number of thiazole rings is 1. The van der Waals surface area contributed by atoms with Crippen molar-refractivity contribution in [1.82, 2.24) is 4.98 Å². The van der Waals surface area contributed by atoms with Crippen molar-refractivity contribution < 1.29 is 19.1 Å². The van der Waals surface area contributed by atoms with Crippen LogP contribution >= 0.6 is 23.1 Å². The average Bonchev–Trinajstić information content (AvgIpc) is 3.38. The molecule has 0 spiro atoms. The van der Waals surface area contributed by atoms with Gasteiger partial charge in [0.1, 0.15) is 9.88 Å². The Morgan fingerprint density at radius 3 is 1.70 bits per heavy atom. The number of rotatable bonds is 10. The summed E-state index contributed by atoms with van der Waals surface area (Å²) in [4.78, 5) is 29.5. The number of nitrogens with zero attached hydrogens (tertiary/aromatic N) is 1. The summed E-state index contributed by atoms with van der Waals surface area (Å²) in [6.45, 7) is 3.82. The first kappa shape index (κ1) is 26.4. The van der Waals surface area contributed by atoms with E-state index in [1.54, 1.807) is 25.6 Å². The molecule has 188 valence electrons. The maximum Gasteiger partial charge on any atom is 0.358 e. The fourth-order valence-corrected chi connectivity index (χ4v) is 6.15. The van der Waals surface area contributed by atoms with E-state index in [1.807, 2.05) is 66.1 Å². The highest BCUT2D eigenvalue weighted by atomic mass is 32.2. The zero-order chi connectivity index (χ0) is 26.1. The lowest BCUT2D eigenvalue weighted by atomic mass is 9.84. The predicted octanol–water partition coefficient (Wildman–Crippen LogP) is 7.19. The van der Waals surface area contributed by atoms with Crippen LogP contribution in [-0.4, -0.2) is 30.1 Å². The molecule has 4 rings (SSSR count). The number of benzene rings is 3. The van der Waals surface area contributed by atoms with Gasteiger partial charge in [-0.3, -0.25) is 0 Å².